The van der Waals surface area contributed by atoms with Crippen LogP contribution in [-0.4, -0.2) is 18.2 Å². The van der Waals surface area contributed by atoms with E-state index in [1.165, 1.54) is 77.0 Å². The Bertz CT molecular complexity index is 984. The van der Waals surface area contributed by atoms with Crippen LogP contribution in [0.5, 0.6) is 5.75 Å². The Morgan fingerprint density at radius 3 is 2.51 bits per heavy atom. The summed E-state index contributed by atoms with van der Waals surface area (Å²) in [4.78, 5) is 12.8. The number of carbonyl (C=O) groups is 1. The summed E-state index contributed by atoms with van der Waals surface area (Å²) in [5, 5.41) is 0. The molecular weight excluding hydrogens is 480 g/mol. The second kappa shape index (κ2) is 12.4. The molecule has 0 saturated heterocycles. The second-order valence-electron chi connectivity index (χ2n) is 14.0. The topological polar surface area (TPSA) is 35.5 Å². The van der Waals surface area contributed by atoms with Gasteiger partial charge >= 0.3 is 5.97 Å². The van der Waals surface area contributed by atoms with Gasteiger partial charge in [0.15, 0.2) is 6.10 Å². The first-order valence-electron chi connectivity index (χ1n) is 16.5. The molecule has 0 aliphatic heterocycles. The number of hydrogen-bond donors (Lipinski definition) is 0. The third-order valence-electron chi connectivity index (χ3n) is 11.8. The highest BCUT2D eigenvalue weighted by Crippen LogP contribution is 2.66. The van der Waals surface area contributed by atoms with E-state index in [2.05, 4.69) is 26.8 Å². The summed E-state index contributed by atoms with van der Waals surface area (Å²) < 4.78 is 11.8. The van der Waals surface area contributed by atoms with Gasteiger partial charge in [0, 0.05) is 6.42 Å². The number of benzene rings is 1. The van der Waals surface area contributed by atoms with Crippen LogP contribution in [0.4, 0.5) is 0 Å². The van der Waals surface area contributed by atoms with E-state index in [-0.39, 0.29) is 17.5 Å². The molecule has 0 unspecified atom stereocenters. The van der Waals surface area contributed by atoms with E-state index in [1.54, 1.807) is 12.5 Å². The third-order valence-corrected chi connectivity index (χ3v) is 11.8. The number of esters is 1. The van der Waals surface area contributed by atoms with Gasteiger partial charge in [-0.15, -0.1) is 0 Å². The van der Waals surface area contributed by atoms with Crippen LogP contribution in [0.3, 0.4) is 0 Å². The number of fused-ring (bicyclic) bond motifs is 5. The first kappa shape index (κ1) is 28.7. The molecule has 0 radical (unpaired) electrons. The van der Waals surface area contributed by atoms with Gasteiger partial charge in [-0.1, -0.05) is 89.1 Å². The smallest absolute Gasteiger partial charge is 0.347 e. The molecule has 1 aromatic carbocycles. The van der Waals surface area contributed by atoms with Crippen LogP contribution >= 0.6 is 0 Å². The summed E-state index contributed by atoms with van der Waals surface area (Å²) in [6.07, 6.45) is 22.0. The molecule has 0 heterocycles. The molecule has 4 aliphatic rings. The second-order valence-corrected chi connectivity index (χ2v) is 14.0. The number of allylic oxidation sites excluding steroid dienone is 1. The average Bonchev–Trinajstić information content (AvgIpc) is 3.27. The van der Waals surface area contributed by atoms with E-state index in [0.717, 1.165) is 42.9 Å². The van der Waals surface area contributed by atoms with Crippen LogP contribution in [0.25, 0.3) is 0 Å². The zero-order valence-electron chi connectivity index (χ0n) is 25.3. The Morgan fingerprint density at radius 1 is 0.949 bits per heavy atom. The summed E-state index contributed by atoms with van der Waals surface area (Å²) >= 11 is 0. The van der Waals surface area contributed by atoms with Crippen molar-refractivity contribution >= 4 is 5.97 Å². The standard InChI is InChI=1S/C36H54O3/c1-5-6-7-8-9-11-14-27-18-20-32-31-19-17-28-25-30(21-23-36(28,4)33(31)22-24-35(27,32)3)39-34(37)26(2)38-29-15-12-10-13-16-29/h10,12-13,15-17,26-27,30-33H,5-9,11,14,18-25H2,1-4H3/t26-,27-,30-,31-,32-,33-,35+,36-/m0/s1. The fraction of sp³-hybridized carbons (Fsp3) is 0.750. The lowest BCUT2D eigenvalue weighted by Gasteiger charge is -2.58. The Hall–Kier alpha value is -1.77. The first-order chi connectivity index (χ1) is 18.8. The number of rotatable bonds is 11. The van der Waals surface area contributed by atoms with E-state index in [4.69, 9.17) is 9.47 Å². The zero-order chi connectivity index (χ0) is 27.5. The van der Waals surface area contributed by atoms with E-state index in [1.807, 2.05) is 30.3 Å². The minimum Gasteiger partial charge on any atom is -0.479 e. The van der Waals surface area contributed by atoms with Crippen LogP contribution < -0.4 is 4.74 Å². The molecule has 0 spiro atoms. The van der Waals surface area contributed by atoms with Gasteiger partial charge in [0.05, 0.1) is 0 Å². The predicted molar refractivity (Wildman–Crippen MR) is 160 cm³/mol. The van der Waals surface area contributed by atoms with Crippen molar-refractivity contribution in [2.45, 2.75) is 136 Å². The molecule has 0 aromatic heterocycles. The van der Waals surface area contributed by atoms with Gasteiger partial charge in [-0.25, -0.2) is 4.79 Å². The first-order valence-corrected chi connectivity index (χ1v) is 16.5. The molecular formula is C36H54O3. The van der Waals surface area contributed by atoms with Crippen molar-refractivity contribution in [3.8, 4) is 5.75 Å². The highest BCUT2D eigenvalue weighted by Gasteiger charge is 2.58. The maximum atomic E-state index is 12.8. The maximum absolute atomic E-state index is 12.8. The van der Waals surface area contributed by atoms with Crippen LogP contribution in [0, 0.1) is 34.5 Å². The number of ether oxygens (including phenoxy) is 2. The lowest BCUT2D eigenvalue weighted by molar-refractivity contribution is -0.159. The summed E-state index contributed by atoms with van der Waals surface area (Å²) in [5.74, 6) is 3.98. The molecule has 0 bridgehead atoms. The van der Waals surface area contributed by atoms with Crippen molar-refractivity contribution in [1.29, 1.82) is 0 Å². The molecule has 3 heteroatoms. The number of unbranched alkanes of at least 4 members (excludes halogenated alkanes) is 5. The lowest BCUT2D eigenvalue weighted by atomic mass is 9.47. The Labute approximate surface area is 238 Å². The van der Waals surface area contributed by atoms with Crippen LogP contribution in [0.15, 0.2) is 42.0 Å². The molecule has 216 valence electrons. The summed E-state index contributed by atoms with van der Waals surface area (Å²) in [7, 11) is 0. The van der Waals surface area contributed by atoms with Crippen molar-refractivity contribution in [2.75, 3.05) is 0 Å². The highest BCUT2D eigenvalue weighted by molar-refractivity contribution is 5.74. The quantitative estimate of drug-likeness (QED) is 0.161. The average molecular weight is 535 g/mol. The Kier molecular flexibility index (Phi) is 9.14. The summed E-state index contributed by atoms with van der Waals surface area (Å²) in [5.41, 5.74) is 2.43. The van der Waals surface area contributed by atoms with Gasteiger partial charge in [0.1, 0.15) is 11.9 Å². The zero-order valence-corrected chi connectivity index (χ0v) is 25.3. The van der Waals surface area contributed by atoms with Crippen LogP contribution in [0.2, 0.25) is 0 Å². The van der Waals surface area contributed by atoms with Crippen molar-refractivity contribution in [1.82, 2.24) is 0 Å². The SMILES string of the molecule is CCCCCCCC[C@H]1CC[C@H]2[C@@H]3CC=C4C[C@@H](OC(=O)[C@H](C)Oc5ccccc5)CC[C@]4(C)[C@H]3CC[C@]12C. The normalized spacial score (nSPS) is 36.2. The molecule has 39 heavy (non-hydrogen) atoms. The van der Waals surface area contributed by atoms with Gasteiger partial charge < -0.3 is 9.47 Å². The van der Waals surface area contributed by atoms with Crippen molar-refractivity contribution in [3.05, 3.63) is 42.0 Å². The van der Waals surface area contributed by atoms with Gasteiger partial charge in [-0.3, -0.25) is 0 Å². The largest absolute Gasteiger partial charge is 0.479 e. The molecule has 1 aromatic rings. The molecule has 0 N–H and O–H groups in total. The van der Waals surface area contributed by atoms with Crippen molar-refractivity contribution < 1.29 is 14.3 Å². The maximum Gasteiger partial charge on any atom is 0.347 e. The van der Waals surface area contributed by atoms with Gasteiger partial charge in [-0.05, 0) is 105 Å². The molecule has 3 saturated carbocycles. The molecule has 4 aliphatic carbocycles. The van der Waals surface area contributed by atoms with E-state index >= 15 is 0 Å². The Balaban J connectivity index is 1.16. The van der Waals surface area contributed by atoms with Gasteiger partial charge in [-0.2, -0.15) is 0 Å². The van der Waals surface area contributed by atoms with Crippen LogP contribution in [-0.2, 0) is 9.53 Å². The molecule has 0 amide bonds. The molecule has 3 fully saturated rings. The summed E-state index contributed by atoms with van der Waals surface area (Å²) in [6.45, 7) is 9.34. The molecule has 5 rings (SSSR count). The summed E-state index contributed by atoms with van der Waals surface area (Å²) in [6, 6.07) is 9.57. The minimum atomic E-state index is -0.590. The van der Waals surface area contributed by atoms with E-state index in [9.17, 15) is 4.79 Å². The van der Waals surface area contributed by atoms with Crippen molar-refractivity contribution in [2.24, 2.45) is 34.5 Å². The van der Waals surface area contributed by atoms with Crippen LogP contribution in [0.1, 0.15) is 124 Å². The molecule has 8 atom stereocenters. The monoisotopic (exact) mass is 534 g/mol. The van der Waals surface area contributed by atoms with Gasteiger partial charge in [0.25, 0.3) is 0 Å². The fourth-order valence-corrected chi connectivity index (χ4v) is 9.49. The number of hydrogen-bond acceptors (Lipinski definition) is 3. The lowest BCUT2D eigenvalue weighted by Crippen LogP contribution is -2.50. The predicted octanol–water partition coefficient (Wildman–Crippen LogP) is 9.70. The number of carbonyl (C=O) groups excluding carboxylic acids is 1. The Morgan fingerprint density at radius 2 is 1.72 bits per heavy atom. The minimum absolute atomic E-state index is 0.0164. The highest BCUT2D eigenvalue weighted by atomic mass is 16.6. The number of para-hydroxylation sites is 1. The third kappa shape index (κ3) is 5.98. The van der Waals surface area contributed by atoms with Gasteiger partial charge in [0.2, 0.25) is 0 Å². The van der Waals surface area contributed by atoms with Crippen molar-refractivity contribution in [3.63, 3.8) is 0 Å². The fourth-order valence-electron chi connectivity index (χ4n) is 9.49. The van der Waals surface area contributed by atoms with E-state index in [0.29, 0.717) is 11.2 Å². The van der Waals surface area contributed by atoms with E-state index < -0.39 is 6.10 Å². The molecule has 3 nitrogen and oxygen atoms in total.